The van der Waals surface area contributed by atoms with Crippen molar-refractivity contribution >= 4 is 5.97 Å². The Hall–Kier alpha value is -1.56. The highest BCUT2D eigenvalue weighted by Crippen LogP contribution is 2.30. The summed E-state index contributed by atoms with van der Waals surface area (Å²) in [6, 6.07) is 4.16. The molecule has 1 heterocycles. The van der Waals surface area contributed by atoms with Crippen LogP contribution in [-0.4, -0.2) is 19.1 Å². The number of carbonyl (C=O) groups is 1. The van der Waals surface area contributed by atoms with Gasteiger partial charge in [-0.05, 0) is 62.5 Å². The number of ether oxygens (including phenoxy) is 1. The Labute approximate surface area is 121 Å². The van der Waals surface area contributed by atoms with Crippen molar-refractivity contribution in [2.75, 3.05) is 13.1 Å². The number of nitrogens with one attached hydrogen (secondary N) is 1. The van der Waals surface area contributed by atoms with Gasteiger partial charge in [0.05, 0.1) is 5.56 Å². The first-order valence-corrected chi connectivity index (χ1v) is 7.04. The van der Waals surface area contributed by atoms with Crippen molar-refractivity contribution in [3.63, 3.8) is 0 Å². The molecule has 1 aromatic carbocycles. The van der Waals surface area contributed by atoms with Gasteiger partial charge in [-0.2, -0.15) is 13.2 Å². The van der Waals surface area contributed by atoms with Gasteiger partial charge in [-0.1, -0.05) is 0 Å². The molecule has 1 unspecified atom stereocenters. The molecule has 1 atom stereocenters. The van der Waals surface area contributed by atoms with Crippen LogP contribution >= 0.6 is 0 Å². The Morgan fingerprint density at radius 2 is 2.00 bits per heavy atom. The van der Waals surface area contributed by atoms with Crippen LogP contribution in [0.2, 0.25) is 0 Å². The van der Waals surface area contributed by atoms with Gasteiger partial charge in [-0.3, -0.25) is 4.79 Å². The van der Waals surface area contributed by atoms with Crippen molar-refractivity contribution in [2.45, 2.75) is 31.9 Å². The van der Waals surface area contributed by atoms with Gasteiger partial charge in [0.2, 0.25) is 0 Å². The van der Waals surface area contributed by atoms with E-state index in [4.69, 9.17) is 4.74 Å². The third kappa shape index (κ3) is 5.04. The van der Waals surface area contributed by atoms with Gasteiger partial charge in [0.15, 0.2) is 0 Å². The van der Waals surface area contributed by atoms with Crippen molar-refractivity contribution in [2.24, 2.45) is 5.92 Å². The smallest absolute Gasteiger partial charge is 0.416 e. The van der Waals surface area contributed by atoms with Crippen molar-refractivity contribution < 1.29 is 22.7 Å². The average Bonchev–Trinajstić information content (AvgIpc) is 2.46. The third-order valence-electron chi connectivity index (χ3n) is 3.57. The lowest BCUT2D eigenvalue weighted by Gasteiger charge is -2.22. The van der Waals surface area contributed by atoms with Crippen LogP contribution in [0.15, 0.2) is 24.3 Å². The van der Waals surface area contributed by atoms with Crippen molar-refractivity contribution in [1.29, 1.82) is 0 Å². The number of piperidine rings is 1. The fourth-order valence-electron chi connectivity index (χ4n) is 2.39. The number of halogens is 3. The molecular formula is C15H18F3NO2. The molecule has 0 saturated carbocycles. The third-order valence-corrected chi connectivity index (χ3v) is 3.57. The molecule has 1 aliphatic heterocycles. The summed E-state index contributed by atoms with van der Waals surface area (Å²) in [5.74, 6) is 0.217. The van der Waals surface area contributed by atoms with Gasteiger partial charge in [0, 0.05) is 6.42 Å². The molecule has 1 aliphatic rings. The molecule has 21 heavy (non-hydrogen) atoms. The van der Waals surface area contributed by atoms with Crippen LogP contribution in [0.1, 0.15) is 31.2 Å². The standard InChI is InChI=1S/C15H18F3NO2/c16-15(17,18)12-4-6-13(7-5-12)21-14(20)8-3-11-2-1-9-19-10-11/h4-7,11,19H,1-3,8-10H2. The summed E-state index contributed by atoms with van der Waals surface area (Å²) in [6.45, 7) is 1.93. The number of hydrogen-bond donors (Lipinski definition) is 1. The van der Waals surface area contributed by atoms with Crippen molar-refractivity contribution in [3.8, 4) is 5.75 Å². The number of esters is 1. The van der Waals surface area contributed by atoms with Crippen LogP contribution in [-0.2, 0) is 11.0 Å². The number of hydrogen-bond acceptors (Lipinski definition) is 3. The minimum absolute atomic E-state index is 0.148. The summed E-state index contributed by atoms with van der Waals surface area (Å²) in [5, 5.41) is 3.27. The topological polar surface area (TPSA) is 38.3 Å². The largest absolute Gasteiger partial charge is 0.427 e. The van der Waals surface area contributed by atoms with E-state index in [2.05, 4.69) is 5.32 Å². The summed E-state index contributed by atoms with van der Waals surface area (Å²) < 4.78 is 42.2. The number of rotatable bonds is 4. The van der Waals surface area contributed by atoms with E-state index in [-0.39, 0.29) is 12.2 Å². The van der Waals surface area contributed by atoms with Gasteiger partial charge in [0.25, 0.3) is 0 Å². The van der Waals surface area contributed by atoms with Gasteiger partial charge in [-0.15, -0.1) is 0 Å². The summed E-state index contributed by atoms with van der Waals surface area (Å²) in [5.41, 5.74) is -0.754. The number of carbonyl (C=O) groups excluding carboxylic acids is 1. The molecule has 116 valence electrons. The predicted octanol–water partition coefficient (Wildman–Crippen LogP) is 3.39. The van der Waals surface area contributed by atoms with Crippen LogP contribution in [0.25, 0.3) is 0 Å². The van der Waals surface area contributed by atoms with Gasteiger partial charge >= 0.3 is 12.1 Å². The Bertz CT molecular complexity index is 465. The van der Waals surface area contributed by atoms with E-state index in [1.807, 2.05) is 0 Å². The SMILES string of the molecule is O=C(CCC1CCCNC1)Oc1ccc(C(F)(F)F)cc1. The summed E-state index contributed by atoms with van der Waals surface area (Å²) in [4.78, 5) is 11.7. The van der Waals surface area contributed by atoms with E-state index in [0.29, 0.717) is 5.92 Å². The molecule has 0 radical (unpaired) electrons. The first kappa shape index (κ1) is 15.8. The quantitative estimate of drug-likeness (QED) is 0.684. The number of benzene rings is 1. The van der Waals surface area contributed by atoms with Crippen molar-refractivity contribution in [3.05, 3.63) is 29.8 Å². The van der Waals surface area contributed by atoms with Crippen LogP contribution in [0.5, 0.6) is 5.75 Å². The predicted molar refractivity (Wildman–Crippen MR) is 71.9 cm³/mol. The summed E-state index contributed by atoms with van der Waals surface area (Å²) in [6.07, 6.45) is -1.14. The molecule has 6 heteroatoms. The Morgan fingerprint density at radius 3 is 2.57 bits per heavy atom. The van der Waals surface area contributed by atoms with E-state index < -0.39 is 17.7 Å². The lowest BCUT2D eigenvalue weighted by Crippen LogP contribution is -2.30. The number of alkyl halides is 3. The highest BCUT2D eigenvalue weighted by atomic mass is 19.4. The van der Waals surface area contributed by atoms with E-state index in [9.17, 15) is 18.0 Å². The monoisotopic (exact) mass is 301 g/mol. The van der Waals surface area contributed by atoms with Crippen LogP contribution < -0.4 is 10.1 Å². The minimum atomic E-state index is -4.38. The Kier molecular flexibility index (Phi) is 5.22. The Balaban J connectivity index is 1.79. The van der Waals surface area contributed by atoms with E-state index in [1.54, 1.807) is 0 Å². The lowest BCUT2D eigenvalue weighted by molar-refractivity contribution is -0.137. The first-order valence-electron chi connectivity index (χ1n) is 7.04. The maximum Gasteiger partial charge on any atom is 0.416 e. The molecule has 1 N–H and O–H groups in total. The normalized spacial score (nSPS) is 19.3. The fourth-order valence-corrected chi connectivity index (χ4v) is 2.39. The first-order chi connectivity index (χ1) is 9.95. The van der Waals surface area contributed by atoms with Gasteiger partial charge in [-0.25, -0.2) is 0 Å². The molecule has 1 aromatic rings. The zero-order valence-electron chi connectivity index (χ0n) is 11.6. The molecule has 0 spiro atoms. The molecule has 0 aliphatic carbocycles. The maximum absolute atomic E-state index is 12.4. The van der Waals surface area contributed by atoms with Gasteiger partial charge in [0.1, 0.15) is 5.75 Å². The van der Waals surface area contributed by atoms with Crippen LogP contribution in [0.3, 0.4) is 0 Å². The molecular weight excluding hydrogens is 283 g/mol. The molecule has 0 aromatic heterocycles. The summed E-state index contributed by atoms with van der Waals surface area (Å²) >= 11 is 0. The molecule has 2 rings (SSSR count). The zero-order chi connectivity index (χ0) is 15.3. The molecule has 1 fully saturated rings. The zero-order valence-corrected chi connectivity index (χ0v) is 11.6. The van der Waals surface area contributed by atoms with Crippen molar-refractivity contribution in [1.82, 2.24) is 5.32 Å². The lowest BCUT2D eigenvalue weighted by atomic mass is 9.95. The summed E-state index contributed by atoms with van der Waals surface area (Å²) in [7, 11) is 0. The second kappa shape index (κ2) is 6.93. The Morgan fingerprint density at radius 1 is 1.29 bits per heavy atom. The average molecular weight is 301 g/mol. The van der Waals surface area contributed by atoms with E-state index in [0.717, 1.165) is 44.5 Å². The van der Waals surface area contributed by atoms with E-state index in [1.165, 1.54) is 12.1 Å². The van der Waals surface area contributed by atoms with Gasteiger partial charge < -0.3 is 10.1 Å². The minimum Gasteiger partial charge on any atom is -0.427 e. The maximum atomic E-state index is 12.4. The highest BCUT2D eigenvalue weighted by Gasteiger charge is 2.30. The second-order valence-electron chi connectivity index (χ2n) is 5.25. The molecule has 3 nitrogen and oxygen atoms in total. The highest BCUT2D eigenvalue weighted by molar-refractivity contribution is 5.72. The molecule has 1 saturated heterocycles. The van der Waals surface area contributed by atoms with Crippen LogP contribution in [0, 0.1) is 5.92 Å². The second-order valence-corrected chi connectivity index (χ2v) is 5.25. The fraction of sp³-hybridized carbons (Fsp3) is 0.533. The van der Waals surface area contributed by atoms with E-state index >= 15 is 0 Å². The molecule has 0 amide bonds. The van der Waals surface area contributed by atoms with Crippen LogP contribution in [0.4, 0.5) is 13.2 Å². The molecule has 0 bridgehead atoms.